The normalized spacial score (nSPS) is 11.0. The van der Waals surface area contributed by atoms with Crippen LogP contribution in [0.3, 0.4) is 0 Å². The zero-order chi connectivity index (χ0) is 19.8. The number of aliphatic carboxylic acids is 1. The molecule has 2 N–H and O–H groups in total. The third-order valence-corrected chi connectivity index (χ3v) is 4.04. The second-order valence-electron chi connectivity index (χ2n) is 5.38. The number of nitrogens with one attached hydrogen (secondary N) is 1. The number of halogens is 1. The van der Waals surface area contributed by atoms with Crippen molar-refractivity contribution in [2.45, 2.75) is 13.8 Å². The van der Waals surface area contributed by atoms with Gasteiger partial charge in [0.2, 0.25) is 0 Å². The molecular formula is C20H20BrNO5. The fraction of sp³-hybridized carbons (Fsp3) is 0.200. The van der Waals surface area contributed by atoms with E-state index >= 15 is 0 Å². The number of ether oxygens (including phenoxy) is 2. The minimum absolute atomic E-state index is 0.248. The minimum atomic E-state index is -1.25. The molecule has 0 fully saturated rings. The summed E-state index contributed by atoms with van der Waals surface area (Å²) in [5.41, 5.74) is 0.662. The molecule has 0 aliphatic rings. The van der Waals surface area contributed by atoms with Gasteiger partial charge in [0.05, 0.1) is 17.7 Å². The van der Waals surface area contributed by atoms with Gasteiger partial charge in [0.15, 0.2) is 11.5 Å². The van der Waals surface area contributed by atoms with E-state index in [2.05, 4.69) is 21.2 Å². The molecular weight excluding hydrogens is 414 g/mol. The van der Waals surface area contributed by atoms with Crippen molar-refractivity contribution in [1.82, 2.24) is 5.32 Å². The average Bonchev–Trinajstić information content (AvgIpc) is 2.65. The molecule has 0 bridgehead atoms. The fourth-order valence-electron chi connectivity index (χ4n) is 2.32. The van der Waals surface area contributed by atoms with Gasteiger partial charge in [-0.1, -0.05) is 18.2 Å². The van der Waals surface area contributed by atoms with Crippen LogP contribution >= 0.6 is 15.9 Å². The number of carbonyl (C=O) groups is 2. The molecule has 0 aliphatic heterocycles. The predicted molar refractivity (Wildman–Crippen MR) is 106 cm³/mol. The number of carbonyl (C=O) groups excluding carboxylic acids is 1. The van der Waals surface area contributed by atoms with Crippen molar-refractivity contribution in [1.29, 1.82) is 0 Å². The summed E-state index contributed by atoms with van der Waals surface area (Å²) in [5, 5.41) is 11.9. The topological polar surface area (TPSA) is 84.9 Å². The van der Waals surface area contributed by atoms with E-state index in [0.717, 1.165) is 0 Å². The van der Waals surface area contributed by atoms with E-state index in [1.165, 1.54) is 6.08 Å². The van der Waals surface area contributed by atoms with Crippen molar-refractivity contribution in [3.63, 3.8) is 0 Å². The molecule has 0 heterocycles. The number of rotatable bonds is 8. The highest BCUT2D eigenvalue weighted by molar-refractivity contribution is 9.10. The molecule has 0 saturated heterocycles. The average molecular weight is 434 g/mol. The van der Waals surface area contributed by atoms with Crippen LogP contribution in [0.2, 0.25) is 0 Å². The Morgan fingerprint density at radius 3 is 2.37 bits per heavy atom. The van der Waals surface area contributed by atoms with Gasteiger partial charge in [-0.05, 0) is 65.7 Å². The van der Waals surface area contributed by atoms with Crippen LogP contribution in [0, 0.1) is 0 Å². The Morgan fingerprint density at radius 1 is 1.11 bits per heavy atom. The lowest BCUT2D eigenvalue weighted by molar-refractivity contribution is -0.132. The van der Waals surface area contributed by atoms with E-state index in [9.17, 15) is 14.7 Å². The first-order valence-corrected chi connectivity index (χ1v) is 9.16. The first-order valence-electron chi connectivity index (χ1n) is 8.36. The van der Waals surface area contributed by atoms with Crippen molar-refractivity contribution >= 4 is 33.9 Å². The highest BCUT2D eigenvalue weighted by atomic mass is 79.9. The van der Waals surface area contributed by atoms with E-state index in [1.54, 1.807) is 42.5 Å². The molecule has 6 nitrogen and oxygen atoms in total. The smallest absolute Gasteiger partial charge is 0.352 e. The highest BCUT2D eigenvalue weighted by Gasteiger charge is 2.16. The molecule has 27 heavy (non-hydrogen) atoms. The number of carboxylic acid groups (broad SMARTS) is 1. The van der Waals surface area contributed by atoms with Crippen LogP contribution < -0.4 is 14.8 Å². The van der Waals surface area contributed by atoms with Crippen LogP contribution in [0.25, 0.3) is 6.08 Å². The van der Waals surface area contributed by atoms with Gasteiger partial charge in [0.25, 0.3) is 5.91 Å². The Labute approximate surface area is 165 Å². The van der Waals surface area contributed by atoms with Crippen LogP contribution in [-0.2, 0) is 4.79 Å². The summed E-state index contributed by atoms with van der Waals surface area (Å²) in [4.78, 5) is 23.8. The molecule has 1 amide bonds. The standard InChI is InChI=1S/C20H20BrNO5/c1-3-26-17-12-13(10-15(21)18(17)27-4-2)11-16(20(24)25)22-19(23)14-8-6-5-7-9-14/h5-12H,3-4H2,1-2H3,(H,22,23)(H,24,25)/b16-11+. The number of amides is 1. The van der Waals surface area contributed by atoms with Crippen molar-refractivity contribution < 1.29 is 24.2 Å². The molecule has 0 saturated carbocycles. The van der Waals surface area contributed by atoms with E-state index in [4.69, 9.17) is 9.47 Å². The molecule has 0 spiro atoms. The second kappa shape index (κ2) is 9.78. The van der Waals surface area contributed by atoms with Crippen LogP contribution in [0.4, 0.5) is 0 Å². The lowest BCUT2D eigenvalue weighted by Gasteiger charge is -2.14. The summed E-state index contributed by atoms with van der Waals surface area (Å²) in [6, 6.07) is 11.8. The van der Waals surface area contributed by atoms with Gasteiger partial charge in [-0.25, -0.2) is 4.79 Å². The van der Waals surface area contributed by atoms with Crippen LogP contribution in [0.1, 0.15) is 29.8 Å². The monoisotopic (exact) mass is 433 g/mol. The summed E-state index contributed by atoms with van der Waals surface area (Å²) in [6.07, 6.45) is 1.37. The Balaban J connectivity index is 2.37. The summed E-state index contributed by atoms with van der Waals surface area (Å²) in [5.74, 6) is -0.720. The molecule has 2 rings (SSSR count). The zero-order valence-corrected chi connectivity index (χ0v) is 16.6. The van der Waals surface area contributed by atoms with Gasteiger partial charge < -0.3 is 19.9 Å². The van der Waals surface area contributed by atoms with Gasteiger partial charge in [0, 0.05) is 5.56 Å². The zero-order valence-electron chi connectivity index (χ0n) is 15.0. The lowest BCUT2D eigenvalue weighted by atomic mass is 10.1. The molecule has 142 valence electrons. The number of hydrogen-bond acceptors (Lipinski definition) is 4. The summed E-state index contributed by atoms with van der Waals surface area (Å²) in [7, 11) is 0. The van der Waals surface area contributed by atoms with E-state index < -0.39 is 11.9 Å². The first kappa shape index (κ1) is 20.5. The Hall–Kier alpha value is -2.80. The predicted octanol–water partition coefficient (Wildman–Crippen LogP) is 4.10. The second-order valence-corrected chi connectivity index (χ2v) is 6.23. The molecule has 0 radical (unpaired) electrons. The third-order valence-electron chi connectivity index (χ3n) is 3.45. The molecule has 0 atom stereocenters. The van der Waals surface area contributed by atoms with Gasteiger partial charge in [-0.2, -0.15) is 0 Å². The fourth-order valence-corrected chi connectivity index (χ4v) is 2.89. The van der Waals surface area contributed by atoms with Gasteiger partial charge in [0.1, 0.15) is 5.70 Å². The third kappa shape index (κ3) is 5.59. The molecule has 0 unspecified atom stereocenters. The van der Waals surface area contributed by atoms with E-state index in [-0.39, 0.29) is 5.70 Å². The summed E-state index contributed by atoms with van der Waals surface area (Å²) >= 11 is 3.41. The number of benzene rings is 2. The number of carboxylic acids is 1. The molecule has 2 aromatic rings. The van der Waals surface area contributed by atoms with E-state index in [1.807, 2.05) is 13.8 Å². The van der Waals surface area contributed by atoms with Gasteiger partial charge in [-0.3, -0.25) is 4.79 Å². The minimum Gasteiger partial charge on any atom is -0.490 e. The van der Waals surface area contributed by atoms with Crippen molar-refractivity contribution in [3.05, 3.63) is 63.8 Å². The lowest BCUT2D eigenvalue weighted by Crippen LogP contribution is -2.27. The van der Waals surface area contributed by atoms with Gasteiger partial charge >= 0.3 is 5.97 Å². The maximum absolute atomic E-state index is 12.3. The van der Waals surface area contributed by atoms with Crippen molar-refractivity contribution in [3.8, 4) is 11.5 Å². The number of hydrogen-bond donors (Lipinski definition) is 2. The molecule has 0 aromatic heterocycles. The Morgan fingerprint density at radius 2 is 1.78 bits per heavy atom. The molecule has 2 aromatic carbocycles. The first-order chi connectivity index (χ1) is 13.0. The van der Waals surface area contributed by atoms with Crippen molar-refractivity contribution in [2.24, 2.45) is 0 Å². The van der Waals surface area contributed by atoms with E-state index in [0.29, 0.717) is 40.3 Å². The molecule has 0 aliphatic carbocycles. The SMILES string of the molecule is CCOc1cc(/C=C(/NC(=O)c2ccccc2)C(=O)O)cc(Br)c1OCC. The van der Waals surface area contributed by atoms with Crippen molar-refractivity contribution in [2.75, 3.05) is 13.2 Å². The Kier molecular flexibility index (Phi) is 7.43. The summed E-state index contributed by atoms with van der Waals surface area (Å²) in [6.45, 7) is 4.59. The van der Waals surface area contributed by atoms with Crippen LogP contribution in [-0.4, -0.2) is 30.2 Å². The maximum Gasteiger partial charge on any atom is 0.352 e. The van der Waals surface area contributed by atoms with Crippen LogP contribution in [0.5, 0.6) is 11.5 Å². The molecule has 7 heteroatoms. The maximum atomic E-state index is 12.3. The van der Waals surface area contributed by atoms with Gasteiger partial charge in [-0.15, -0.1) is 0 Å². The Bertz CT molecular complexity index is 849. The summed E-state index contributed by atoms with van der Waals surface area (Å²) < 4.78 is 11.8. The highest BCUT2D eigenvalue weighted by Crippen LogP contribution is 2.37. The quantitative estimate of drug-likeness (QED) is 0.612. The van der Waals surface area contributed by atoms with Crippen LogP contribution in [0.15, 0.2) is 52.6 Å². The largest absolute Gasteiger partial charge is 0.490 e.